The number of rotatable bonds is 17. The summed E-state index contributed by atoms with van der Waals surface area (Å²) in [6.07, 6.45) is 0. The van der Waals surface area contributed by atoms with Gasteiger partial charge in [-0.05, 0) is 153 Å². The van der Waals surface area contributed by atoms with Gasteiger partial charge in [0.1, 0.15) is 34.5 Å². The van der Waals surface area contributed by atoms with Crippen molar-refractivity contribution in [1.82, 2.24) is 0 Å². The van der Waals surface area contributed by atoms with Crippen molar-refractivity contribution in [1.29, 1.82) is 0 Å². The molecule has 0 saturated carbocycles. The van der Waals surface area contributed by atoms with Crippen molar-refractivity contribution in [3.8, 4) is 67.9 Å². The lowest BCUT2D eigenvalue weighted by molar-refractivity contribution is -0.120. The molecule has 0 aromatic heterocycles. The van der Waals surface area contributed by atoms with Crippen LogP contribution in [-0.4, -0.2) is 63.5 Å². The fourth-order valence-corrected chi connectivity index (χ4v) is 9.82. The average molecular weight is 1090 g/mol. The fraction of sp³-hybridized carbons (Fsp3) is 0.143. The van der Waals surface area contributed by atoms with Crippen LogP contribution in [0, 0.1) is 10.8 Å². The number of benzene rings is 10. The maximum absolute atomic E-state index is 14.2. The highest BCUT2D eigenvalue weighted by molar-refractivity contribution is 6.11. The first-order valence-corrected chi connectivity index (χ1v) is 26.9. The molecule has 10 aromatic rings. The molecule has 0 spiro atoms. The Morgan fingerprint density at radius 3 is 0.963 bits per heavy atom. The highest BCUT2D eigenvalue weighted by Crippen LogP contribution is 2.46. The van der Waals surface area contributed by atoms with Gasteiger partial charge in [-0.1, -0.05) is 123 Å². The lowest BCUT2D eigenvalue weighted by Gasteiger charge is -2.37. The summed E-state index contributed by atoms with van der Waals surface area (Å²) >= 11 is 0. The molecule has 0 radical (unpaired) electrons. The predicted molar refractivity (Wildman–Crippen MR) is 312 cm³/mol. The van der Waals surface area contributed by atoms with Gasteiger partial charge in [-0.15, -0.1) is 0 Å². The molecule has 2 heterocycles. The van der Waals surface area contributed by atoms with E-state index in [4.69, 9.17) is 37.9 Å². The molecule has 0 bridgehead atoms. The van der Waals surface area contributed by atoms with E-state index in [1.807, 2.05) is 109 Å². The third-order valence-corrected chi connectivity index (χ3v) is 14.6. The highest BCUT2D eigenvalue weighted by atomic mass is 16.6. The summed E-state index contributed by atoms with van der Waals surface area (Å²) in [5, 5.41) is 3.35. The Morgan fingerprint density at radius 1 is 0.341 bits per heavy atom. The topological polar surface area (TPSA) is 142 Å². The molecule has 2 saturated heterocycles. The van der Waals surface area contributed by atoms with Gasteiger partial charge in [-0.3, -0.25) is 0 Å². The van der Waals surface area contributed by atoms with E-state index >= 15 is 0 Å². The Hall–Kier alpha value is -9.88. The van der Waals surface area contributed by atoms with Crippen molar-refractivity contribution in [2.24, 2.45) is 10.8 Å². The first-order chi connectivity index (χ1) is 39.9. The largest absolute Gasteiger partial charge is 0.493 e. The average Bonchev–Trinajstić information content (AvgIpc) is 3.58. The first kappa shape index (κ1) is 52.8. The summed E-state index contributed by atoms with van der Waals surface area (Å²) in [4.78, 5) is 54.3. The number of ether oxygens (including phenoxy) is 8. The monoisotopic (exact) mass is 1090 g/mol. The minimum absolute atomic E-state index is 0.00707. The van der Waals surface area contributed by atoms with Crippen LogP contribution in [0.15, 0.2) is 218 Å². The van der Waals surface area contributed by atoms with Crippen molar-refractivity contribution in [3.05, 3.63) is 241 Å². The van der Waals surface area contributed by atoms with E-state index in [1.54, 1.807) is 109 Å². The van der Waals surface area contributed by atoms with Crippen LogP contribution in [-0.2, 0) is 9.47 Å². The van der Waals surface area contributed by atoms with Crippen molar-refractivity contribution >= 4 is 45.4 Å². The van der Waals surface area contributed by atoms with Crippen molar-refractivity contribution < 1.29 is 57.1 Å². The van der Waals surface area contributed by atoms with E-state index < -0.39 is 23.9 Å². The van der Waals surface area contributed by atoms with Gasteiger partial charge >= 0.3 is 23.9 Å². The molecule has 2 aliphatic heterocycles. The Balaban J connectivity index is 0.721. The van der Waals surface area contributed by atoms with Crippen LogP contribution in [0.2, 0.25) is 0 Å². The molecule has 406 valence electrons. The van der Waals surface area contributed by atoms with E-state index in [-0.39, 0.29) is 22.3 Å². The van der Waals surface area contributed by atoms with Crippen LogP contribution < -0.4 is 28.4 Å². The molecule has 10 aromatic carbocycles. The number of carbonyl (C=O) groups is 4. The second-order valence-corrected chi connectivity index (χ2v) is 21.3. The molecular formula is C70H54O12. The molecule has 12 heteroatoms. The predicted octanol–water partition coefficient (Wildman–Crippen LogP) is 14.7. The SMILES string of the molecule is CC1(COc2ccc(C(=O)Oc3ccc(-c4ccc(C(=O)Oc5ccc6ccccc6c5-c5c(OC(=O)c6ccc(-c7ccc(OC(=O)c8ccc(OCC9(C)COC9)cc8)cc7)cc6)ccc6ccccc56)cc4)cc3)cc2)COC1. The van der Waals surface area contributed by atoms with Crippen LogP contribution >= 0.6 is 0 Å². The zero-order valence-corrected chi connectivity index (χ0v) is 44.9. The number of hydrogen-bond acceptors (Lipinski definition) is 12. The second-order valence-electron chi connectivity index (χ2n) is 21.3. The molecule has 2 aliphatic rings. The molecule has 0 aliphatic carbocycles. The van der Waals surface area contributed by atoms with Crippen LogP contribution in [0.1, 0.15) is 55.3 Å². The van der Waals surface area contributed by atoms with Gasteiger partial charge in [0.25, 0.3) is 0 Å². The molecule has 82 heavy (non-hydrogen) atoms. The summed E-state index contributed by atoms with van der Waals surface area (Å²) in [5.74, 6) is 0.513. The maximum Gasteiger partial charge on any atom is 0.343 e. The number of esters is 4. The standard InChI is InChI=1S/C70H54O12/c1-69(39-75-40-69)43-77-55-29-23-53(24-30-55)65(71)79-57-33-19-47(20-34-57)45-11-15-51(16-12-45)67(73)81-61-37-27-49-7-3-5-9-59(49)63(61)64-60-10-6-4-8-50(60)28-38-62(64)82-68(74)52-17-13-46(14-18-52)48-21-35-58(36-22-48)80-66(72)54-25-31-56(32-26-54)78-44-70(2)41-76-42-70/h3-38H,39-44H2,1-2H3. The van der Waals surface area contributed by atoms with Gasteiger partial charge in [0.05, 0.1) is 61.9 Å². The van der Waals surface area contributed by atoms with Gasteiger partial charge in [0.15, 0.2) is 0 Å². The van der Waals surface area contributed by atoms with Crippen molar-refractivity contribution in [2.75, 3.05) is 39.6 Å². The van der Waals surface area contributed by atoms with Crippen LogP contribution in [0.25, 0.3) is 54.9 Å². The summed E-state index contributed by atoms with van der Waals surface area (Å²) in [7, 11) is 0. The highest BCUT2D eigenvalue weighted by Gasteiger charge is 2.35. The normalized spacial score (nSPS) is 13.9. The second kappa shape index (κ2) is 22.7. The lowest BCUT2D eigenvalue weighted by Crippen LogP contribution is -2.44. The Labute approximate surface area is 473 Å². The molecule has 2 fully saturated rings. The smallest absolute Gasteiger partial charge is 0.343 e. The van der Waals surface area contributed by atoms with E-state index in [9.17, 15) is 19.2 Å². The maximum atomic E-state index is 14.2. The van der Waals surface area contributed by atoms with E-state index in [1.165, 1.54) is 0 Å². The van der Waals surface area contributed by atoms with Gasteiger partial charge in [0, 0.05) is 22.0 Å². The minimum Gasteiger partial charge on any atom is -0.493 e. The minimum atomic E-state index is -0.584. The fourth-order valence-electron chi connectivity index (χ4n) is 9.82. The van der Waals surface area contributed by atoms with Crippen LogP contribution in [0.5, 0.6) is 34.5 Å². The van der Waals surface area contributed by atoms with Gasteiger partial charge < -0.3 is 37.9 Å². The summed E-state index contributed by atoms with van der Waals surface area (Å²) < 4.78 is 46.4. The Morgan fingerprint density at radius 2 is 0.634 bits per heavy atom. The summed E-state index contributed by atoms with van der Waals surface area (Å²) in [6, 6.07) is 65.0. The molecule has 12 rings (SSSR count). The zero-order chi connectivity index (χ0) is 56.2. The first-order valence-electron chi connectivity index (χ1n) is 26.9. The van der Waals surface area contributed by atoms with E-state index in [2.05, 4.69) is 13.8 Å². The number of carbonyl (C=O) groups excluding carboxylic acids is 4. The van der Waals surface area contributed by atoms with E-state index in [0.717, 1.165) is 43.8 Å². The molecule has 0 N–H and O–H groups in total. The third-order valence-electron chi connectivity index (χ3n) is 14.6. The molecular weight excluding hydrogens is 1030 g/mol. The molecule has 0 unspecified atom stereocenters. The number of fused-ring (bicyclic) bond motifs is 2. The third kappa shape index (κ3) is 11.6. The Kier molecular flexibility index (Phi) is 14.6. The van der Waals surface area contributed by atoms with Crippen molar-refractivity contribution in [3.63, 3.8) is 0 Å². The zero-order valence-electron chi connectivity index (χ0n) is 44.9. The Bertz CT molecular complexity index is 3730. The molecule has 12 nitrogen and oxygen atoms in total. The van der Waals surface area contributed by atoms with Gasteiger partial charge in [-0.2, -0.15) is 0 Å². The number of hydrogen-bond donors (Lipinski definition) is 0. The molecule has 0 amide bonds. The lowest BCUT2D eigenvalue weighted by atomic mass is 9.90. The summed E-state index contributed by atoms with van der Waals surface area (Å²) in [6.45, 7) is 7.96. The van der Waals surface area contributed by atoms with Gasteiger partial charge in [-0.25, -0.2) is 19.2 Å². The van der Waals surface area contributed by atoms with Gasteiger partial charge in [0.2, 0.25) is 0 Å². The van der Waals surface area contributed by atoms with E-state index in [0.29, 0.717) is 96.0 Å². The van der Waals surface area contributed by atoms with Crippen LogP contribution in [0.4, 0.5) is 0 Å². The molecule has 0 atom stereocenters. The van der Waals surface area contributed by atoms with Crippen LogP contribution in [0.3, 0.4) is 0 Å². The quantitative estimate of drug-likeness (QED) is 0.0633. The van der Waals surface area contributed by atoms with Crippen molar-refractivity contribution in [2.45, 2.75) is 13.8 Å². The summed E-state index contributed by atoms with van der Waals surface area (Å²) in [5.41, 5.74) is 5.96.